The van der Waals surface area contributed by atoms with Crippen molar-refractivity contribution in [1.82, 2.24) is 20.1 Å². The van der Waals surface area contributed by atoms with Crippen molar-refractivity contribution in [1.29, 1.82) is 0 Å². The minimum Gasteiger partial charge on any atom is -0.345 e. The molecule has 2 N–H and O–H groups in total. The van der Waals surface area contributed by atoms with Crippen LogP contribution in [0.2, 0.25) is 0 Å². The largest absolute Gasteiger partial charge is 0.345 e. The first-order valence-corrected chi connectivity index (χ1v) is 7.60. The van der Waals surface area contributed by atoms with Crippen LogP contribution < -0.4 is 10.9 Å². The Bertz CT molecular complexity index is 1040. The lowest BCUT2D eigenvalue weighted by atomic mass is 10.1. The number of pyridine rings is 1. The number of halogens is 2. The number of benzene rings is 1. The highest BCUT2D eigenvalue weighted by atomic mass is 19.2. The fourth-order valence-electron chi connectivity index (χ4n) is 2.70. The molecule has 0 radical (unpaired) electrons. The Morgan fingerprint density at radius 3 is 2.68 bits per heavy atom. The van der Waals surface area contributed by atoms with Gasteiger partial charge >= 0.3 is 0 Å². The summed E-state index contributed by atoms with van der Waals surface area (Å²) in [5.41, 5.74) is 1.12. The lowest BCUT2D eigenvalue weighted by Crippen LogP contribution is -2.27. The van der Waals surface area contributed by atoms with Crippen LogP contribution in [0.15, 0.2) is 29.1 Å². The predicted molar refractivity (Wildman–Crippen MR) is 88.3 cm³/mol. The molecule has 0 bridgehead atoms. The van der Waals surface area contributed by atoms with Crippen LogP contribution in [0.25, 0.3) is 11.0 Å². The number of carbonyl (C=O) groups excluding carboxylic acids is 1. The zero-order chi connectivity index (χ0) is 18.3. The normalized spacial score (nSPS) is 12.4. The van der Waals surface area contributed by atoms with E-state index in [-0.39, 0.29) is 10.9 Å². The van der Waals surface area contributed by atoms with Crippen molar-refractivity contribution < 1.29 is 13.6 Å². The van der Waals surface area contributed by atoms with E-state index < -0.39 is 29.1 Å². The van der Waals surface area contributed by atoms with E-state index in [0.717, 1.165) is 12.1 Å². The van der Waals surface area contributed by atoms with Crippen molar-refractivity contribution in [2.45, 2.75) is 19.9 Å². The van der Waals surface area contributed by atoms with Gasteiger partial charge in [0.15, 0.2) is 17.3 Å². The summed E-state index contributed by atoms with van der Waals surface area (Å²) >= 11 is 0. The standard InChI is InChI=1S/C17H16F2N4O2/c1-8-6-11(14-15(20-8)23(3)22-17(14)25)16(24)21-9(2)10-4-5-12(18)13(19)7-10/h4-7,9H,1-3H3,(H,21,24)(H,22,25)/t9-/m1/s1. The highest BCUT2D eigenvalue weighted by molar-refractivity contribution is 6.05. The Balaban J connectivity index is 1.97. The van der Waals surface area contributed by atoms with Gasteiger partial charge in [-0.05, 0) is 37.6 Å². The van der Waals surface area contributed by atoms with Gasteiger partial charge in [0.25, 0.3) is 11.5 Å². The number of nitrogens with zero attached hydrogens (tertiary/aromatic N) is 2. The molecule has 130 valence electrons. The Morgan fingerprint density at radius 1 is 1.28 bits per heavy atom. The van der Waals surface area contributed by atoms with Gasteiger partial charge in [0, 0.05) is 12.7 Å². The van der Waals surface area contributed by atoms with Gasteiger partial charge in [0.05, 0.1) is 17.0 Å². The highest BCUT2D eigenvalue weighted by Crippen LogP contribution is 2.19. The maximum absolute atomic E-state index is 13.4. The SMILES string of the molecule is Cc1cc(C(=O)N[C@H](C)c2ccc(F)c(F)c2)c2c(=O)[nH]n(C)c2n1. The second-order valence-electron chi connectivity index (χ2n) is 5.88. The number of aryl methyl sites for hydroxylation is 2. The molecule has 1 amide bonds. The molecule has 0 fully saturated rings. The molecular weight excluding hydrogens is 330 g/mol. The van der Waals surface area contributed by atoms with Crippen LogP contribution in [0.1, 0.15) is 34.6 Å². The van der Waals surface area contributed by atoms with Gasteiger partial charge in [-0.25, -0.2) is 13.8 Å². The van der Waals surface area contributed by atoms with E-state index in [1.54, 1.807) is 20.9 Å². The second-order valence-corrected chi connectivity index (χ2v) is 5.88. The first kappa shape index (κ1) is 16.8. The maximum atomic E-state index is 13.4. The Morgan fingerprint density at radius 2 is 2.00 bits per heavy atom. The van der Waals surface area contributed by atoms with Gasteiger partial charge in [-0.2, -0.15) is 0 Å². The quantitative estimate of drug-likeness (QED) is 0.764. The van der Waals surface area contributed by atoms with Crippen LogP contribution in [0.5, 0.6) is 0 Å². The summed E-state index contributed by atoms with van der Waals surface area (Å²) in [4.78, 5) is 29.0. The van der Waals surface area contributed by atoms with Crippen LogP contribution in [-0.4, -0.2) is 20.7 Å². The van der Waals surface area contributed by atoms with Crippen molar-refractivity contribution in [3.8, 4) is 0 Å². The van der Waals surface area contributed by atoms with Crippen molar-refractivity contribution in [3.05, 3.63) is 63.1 Å². The topological polar surface area (TPSA) is 79.8 Å². The van der Waals surface area contributed by atoms with E-state index in [2.05, 4.69) is 15.4 Å². The molecule has 8 heteroatoms. The van der Waals surface area contributed by atoms with Crippen LogP contribution in [0.3, 0.4) is 0 Å². The summed E-state index contributed by atoms with van der Waals surface area (Å²) in [6.45, 7) is 3.36. The number of carbonyl (C=O) groups is 1. The molecule has 0 saturated heterocycles. The van der Waals surface area contributed by atoms with Gasteiger partial charge in [-0.3, -0.25) is 19.4 Å². The fourth-order valence-corrected chi connectivity index (χ4v) is 2.70. The summed E-state index contributed by atoms with van der Waals surface area (Å²) in [6, 6.07) is 4.37. The van der Waals surface area contributed by atoms with Crippen molar-refractivity contribution in [3.63, 3.8) is 0 Å². The molecule has 0 spiro atoms. The van der Waals surface area contributed by atoms with E-state index in [0.29, 0.717) is 16.9 Å². The number of aromatic amines is 1. The van der Waals surface area contributed by atoms with E-state index in [1.807, 2.05) is 0 Å². The van der Waals surface area contributed by atoms with Crippen LogP contribution >= 0.6 is 0 Å². The average Bonchev–Trinajstić information content (AvgIpc) is 2.83. The highest BCUT2D eigenvalue weighted by Gasteiger charge is 2.20. The molecule has 0 aliphatic heterocycles. The molecule has 3 rings (SSSR count). The van der Waals surface area contributed by atoms with Gasteiger partial charge in [-0.1, -0.05) is 6.07 Å². The zero-order valence-electron chi connectivity index (χ0n) is 13.9. The van der Waals surface area contributed by atoms with E-state index in [9.17, 15) is 18.4 Å². The minimum atomic E-state index is -0.986. The molecule has 1 atom stereocenters. The molecule has 2 heterocycles. The van der Waals surface area contributed by atoms with Gasteiger partial charge < -0.3 is 5.32 Å². The number of fused-ring (bicyclic) bond motifs is 1. The smallest absolute Gasteiger partial charge is 0.274 e. The van der Waals surface area contributed by atoms with Crippen LogP contribution in [0.4, 0.5) is 8.78 Å². The summed E-state index contributed by atoms with van der Waals surface area (Å²) < 4.78 is 27.9. The molecule has 3 aromatic rings. The number of hydrogen-bond acceptors (Lipinski definition) is 3. The lowest BCUT2D eigenvalue weighted by Gasteiger charge is -2.15. The van der Waals surface area contributed by atoms with Crippen molar-refractivity contribution >= 4 is 16.9 Å². The zero-order valence-corrected chi connectivity index (χ0v) is 13.9. The van der Waals surface area contributed by atoms with E-state index in [1.165, 1.54) is 16.8 Å². The number of rotatable bonds is 3. The predicted octanol–water partition coefficient (Wildman–Crippen LogP) is 2.34. The van der Waals surface area contributed by atoms with E-state index in [4.69, 9.17) is 0 Å². The molecule has 0 aliphatic carbocycles. The lowest BCUT2D eigenvalue weighted by molar-refractivity contribution is 0.0941. The fraction of sp³-hybridized carbons (Fsp3) is 0.235. The third kappa shape index (κ3) is 3.02. The number of H-pyrrole nitrogens is 1. The monoisotopic (exact) mass is 346 g/mol. The molecule has 2 aromatic heterocycles. The molecule has 0 unspecified atom stereocenters. The molecule has 0 aliphatic rings. The molecule has 1 aromatic carbocycles. The number of amides is 1. The number of nitrogens with one attached hydrogen (secondary N) is 2. The summed E-state index contributed by atoms with van der Waals surface area (Å²) in [5, 5.41) is 5.44. The first-order chi connectivity index (χ1) is 11.8. The van der Waals surface area contributed by atoms with Gasteiger partial charge in [0.2, 0.25) is 0 Å². The Kier molecular flexibility index (Phi) is 4.12. The first-order valence-electron chi connectivity index (χ1n) is 7.60. The second kappa shape index (κ2) is 6.12. The minimum absolute atomic E-state index is 0.179. The number of hydrogen-bond donors (Lipinski definition) is 2. The molecule has 25 heavy (non-hydrogen) atoms. The maximum Gasteiger partial charge on any atom is 0.274 e. The summed E-state index contributed by atoms with van der Waals surface area (Å²) in [7, 11) is 1.63. The Hall–Kier alpha value is -3.03. The molecule has 0 saturated carbocycles. The molecule has 6 nitrogen and oxygen atoms in total. The third-order valence-corrected chi connectivity index (χ3v) is 3.98. The van der Waals surface area contributed by atoms with Crippen molar-refractivity contribution in [2.75, 3.05) is 0 Å². The van der Waals surface area contributed by atoms with E-state index >= 15 is 0 Å². The third-order valence-electron chi connectivity index (χ3n) is 3.98. The van der Waals surface area contributed by atoms with Crippen LogP contribution in [-0.2, 0) is 7.05 Å². The number of aromatic nitrogens is 3. The Labute approximate surface area is 141 Å². The summed E-state index contributed by atoms with van der Waals surface area (Å²) in [6.07, 6.45) is 0. The van der Waals surface area contributed by atoms with Crippen molar-refractivity contribution in [2.24, 2.45) is 7.05 Å². The van der Waals surface area contributed by atoms with Gasteiger partial charge in [-0.15, -0.1) is 0 Å². The average molecular weight is 346 g/mol. The summed E-state index contributed by atoms with van der Waals surface area (Å²) in [5.74, 6) is -2.44. The van der Waals surface area contributed by atoms with Crippen LogP contribution in [0, 0.1) is 18.6 Å². The van der Waals surface area contributed by atoms with Gasteiger partial charge in [0.1, 0.15) is 0 Å². The molecular formula is C17H16F2N4O2.